The zero-order valence-corrected chi connectivity index (χ0v) is 23.5. The second-order valence-electron chi connectivity index (χ2n) is 11.7. The predicted molar refractivity (Wildman–Crippen MR) is 155 cm³/mol. The van der Waals surface area contributed by atoms with E-state index in [4.69, 9.17) is 14.2 Å². The second kappa shape index (κ2) is 12.5. The lowest BCUT2D eigenvalue weighted by atomic mass is 9.86. The molecular weight excluding hydrogens is 489 g/mol. The molecule has 3 aromatic carbocycles. The summed E-state index contributed by atoms with van der Waals surface area (Å²) in [5.74, 6) is 1.35. The number of fused-ring (bicyclic) bond motifs is 1. The van der Waals surface area contributed by atoms with E-state index >= 15 is 0 Å². The minimum absolute atomic E-state index is 0.226. The van der Waals surface area contributed by atoms with E-state index in [0.29, 0.717) is 19.8 Å². The van der Waals surface area contributed by atoms with Gasteiger partial charge in [-0.15, -0.1) is 0 Å². The molecule has 2 atom stereocenters. The average molecular weight is 532 g/mol. The Morgan fingerprint density at radius 2 is 1.77 bits per heavy atom. The number of benzene rings is 3. The molecule has 1 N–H and O–H groups in total. The molecule has 0 amide bonds. The molecule has 208 valence electrons. The van der Waals surface area contributed by atoms with Crippen molar-refractivity contribution < 1.29 is 18.6 Å². The van der Waals surface area contributed by atoms with E-state index in [1.54, 1.807) is 12.1 Å². The summed E-state index contributed by atoms with van der Waals surface area (Å²) in [6.07, 6.45) is 7.18. The molecule has 3 aromatic rings. The van der Waals surface area contributed by atoms with Crippen molar-refractivity contribution in [1.29, 1.82) is 0 Å². The van der Waals surface area contributed by atoms with Gasteiger partial charge >= 0.3 is 0 Å². The van der Waals surface area contributed by atoms with Crippen molar-refractivity contribution in [2.75, 3.05) is 11.9 Å². The molecule has 5 rings (SSSR count). The van der Waals surface area contributed by atoms with E-state index in [-0.39, 0.29) is 18.0 Å². The first kappa shape index (κ1) is 27.7. The van der Waals surface area contributed by atoms with Crippen molar-refractivity contribution in [3.8, 4) is 5.75 Å². The molecule has 2 unspecified atom stereocenters. The predicted octanol–water partition coefficient (Wildman–Crippen LogP) is 8.53. The van der Waals surface area contributed by atoms with Crippen LogP contribution < -0.4 is 10.1 Å². The number of anilines is 1. The topological polar surface area (TPSA) is 39.7 Å². The number of ether oxygens (including phenoxy) is 3. The number of hydrogen-bond donors (Lipinski definition) is 1. The average Bonchev–Trinajstić information content (AvgIpc) is 2.92. The van der Waals surface area contributed by atoms with Gasteiger partial charge in [0.2, 0.25) is 0 Å². The van der Waals surface area contributed by atoms with Gasteiger partial charge in [-0.1, -0.05) is 68.5 Å². The fourth-order valence-corrected chi connectivity index (χ4v) is 5.95. The number of halogens is 1. The van der Waals surface area contributed by atoms with Crippen LogP contribution in [0.2, 0.25) is 0 Å². The number of nitrogens with one attached hydrogen (secondary N) is 1. The molecule has 2 aliphatic rings. The van der Waals surface area contributed by atoms with Crippen LogP contribution in [0, 0.1) is 18.7 Å². The first-order chi connectivity index (χ1) is 18.9. The van der Waals surface area contributed by atoms with Gasteiger partial charge in [-0.25, -0.2) is 4.39 Å². The Labute approximate surface area is 232 Å². The van der Waals surface area contributed by atoms with E-state index in [0.717, 1.165) is 34.9 Å². The Balaban J connectivity index is 1.37. The summed E-state index contributed by atoms with van der Waals surface area (Å²) in [7, 11) is 0. The van der Waals surface area contributed by atoms with Gasteiger partial charge in [-0.2, -0.15) is 0 Å². The lowest BCUT2D eigenvalue weighted by Gasteiger charge is -2.44. The second-order valence-corrected chi connectivity index (χ2v) is 11.7. The summed E-state index contributed by atoms with van der Waals surface area (Å²) in [4.78, 5) is 0. The highest BCUT2D eigenvalue weighted by Crippen LogP contribution is 2.45. The first-order valence-electron chi connectivity index (χ1n) is 14.5. The molecule has 0 spiro atoms. The van der Waals surface area contributed by atoms with Crippen molar-refractivity contribution in [1.82, 2.24) is 0 Å². The zero-order chi connectivity index (χ0) is 27.2. The van der Waals surface area contributed by atoms with Crippen LogP contribution in [-0.2, 0) is 22.6 Å². The molecule has 39 heavy (non-hydrogen) atoms. The van der Waals surface area contributed by atoms with Gasteiger partial charge in [0, 0.05) is 24.4 Å². The Morgan fingerprint density at radius 1 is 0.949 bits per heavy atom. The maximum atomic E-state index is 13.7. The lowest BCUT2D eigenvalue weighted by molar-refractivity contribution is -0.168. The Bertz CT molecular complexity index is 1240. The molecule has 1 heterocycles. The maximum Gasteiger partial charge on any atom is 0.132 e. The minimum atomic E-state index is -0.568. The Morgan fingerprint density at radius 3 is 2.56 bits per heavy atom. The smallest absolute Gasteiger partial charge is 0.132 e. The third-order valence-corrected chi connectivity index (χ3v) is 8.26. The van der Waals surface area contributed by atoms with Crippen molar-refractivity contribution in [2.24, 2.45) is 5.92 Å². The molecule has 1 aliphatic carbocycles. The van der Waals surface area contributed by atoms with Gasteiger partial charge in [0.15, 0.2) is 0 Å². The van der Waals surface area contributed by atoms with Gasteiger partial charge < -0.3 is 19.5 Å². The largest absolute Gasteiger partial charge is 0.485 e. The summed E-state index contributed by atoms with van der Waals surface area (Å²) in [6.45, 7) is 8.03. The molecule has 5 heteroatoms. The van der Waals surface area contributed by atoms with Crippen molar-refractivity contribution >= 4 is 5.69 Å². The van der Waals surface area contributed by atoms with Gasteiger partial charge in [-0.3, -0.25) is 0 Å². The Kier molecular flexibility index (Phi) is 8.89. The van der Waals surface area contributed by atoms with E-state index < -0.39 is 5.60 Å². The molecule has 1 fully saturated rings. The van der Waals surface area contributed by atoms with Crippen molar-refractivity contribution in [2.45, 2.75) is 90.3 Å². The van der Waals surface area contributed by atoms with Crippen LogP contribution in [0.15, 0.2) is 66.7 Å². The minimum Gasteiger partial charge on any atom is -0.485 e. The van der Waals surface area contributed by atoms with Crippen LogP contribution in [0.4, 0.5) is 10.1 Å². The van der Waals surface area contributed by atoms with Gasteiger partial charge in [-0.05, 0) is 80.1 Å². The highest BCUT2D eigenvalue weighted by Gasteiger charge is 2.45. The van der Waals surface area contributed by atoms with Crippen LogP contribution >= 0.6 is 0 Å². The summed E-state index contributed by atoms with van der Waals surface area (Å²) in [5, 5.41) is 3.45. The zero-order valence-electron chi connectivity index (χ0n) is 23.5. The SMILES string of the molecule is Cc1ccccc1COC1C(OCCC2CCCCC2)c2cc(NCc3cccc(F)c3)ccc2OC1(C)C. The van der Waals surface area contributed by atoms with E-state index in [2.05, 4.69) is 56.4 Å². The number of rotatable bonds is 10. The first-order valence-corrected chi connectivity index (χ1v) is 14.5. The van der Waals surface area contributed by atoms with E-state index in [1.165, 1.54) is 49.3 Å². The number of aryl methyl sites for hydroxylation is 1. The maximum absolute atomic E-state index is 13.7. The molecule has 0 bridgehead atoms. The normalized spacial score (nSPS) is 20.7. The van der Waals surface area contributed by atoms with Gasteiger partial charge in [0.1, 0.15) is 29.4 Å². The van der Waals surface area contributed by atoms with Crippen LogP contribution in [0.25, 0.3) is 0 Å². The van der Waals surface area contributed by atoms with Crippen molar-refractivity contribution in [3.63, 3.8) is 0 Å². The standard InChI is InChI=1S/C34H42FNO3/c1-24-10-7-8-14-27(24)23-38-33-32(37-19-18-25-11-5-4-6-12-25)30-21-29(16-17-31(30)39-34(33,2)3)36-22-26-13-9-15-28(35)20-26/h7-10,13-17,20-21,25,32-33,36H,4-6,11-12,18-19,22-23H2,1-3H3. The highest BCUT2D eigenvalue weighted by atomic mass is 19.1. The van der Waals surface area contributed by atoms with Crippen LogP contribution in [-0.4, -0.2) is 18.3 Å². The van der Waals surface area contributed by atoms with Gasteiger partial charge in [0.25, 0.3) is 0 Å². The summed E-state index contributed by atoms with van der Waals surface area (Å²) >= 11 is 0. The Hall–Kier alpha value is -2.89. The van der Waals surface area contributed by atoms with Gasteiger partial charge in [0.05, 0.1) is 6.61 Å². The quantitative estimate of drug-likeness (QED) is 0.285. The van der Waals surface area contributed by atoms with E-state index in [9.17, 15) is 4.39 Å². The molecular formula is C34H42FNO3. The molecule has 0 radical (unpaired) electrons. The summed E-state index contributed by atoms with van der Waals surface area (Å²) in [6, 6.07) is 21.2. The van der Waals surface area contributed by atoms with E-state index in [1.807, 2.05) is 18.2 Å². The third-order valence-electron chi connectivity index (χ3n) is 8.26. The number of hydrogen-bond acceptors (Lipinski definition) is 4. The molecule has 0 aromatic heterocycles. The fraction of sp³-hybridized carbons (Fsp3) is 0.471. The van der Waals surface area contributed by atoms with Crippen LogP contribution in [0.3, 0.4) is 0 Å². The molecule has 0 saturated heterocycles. The molecule has 1 aliphatic heterocycles. The molecule has 1 saturated carbocycles. The van der Waals surface area contributed by atoms with Crippen molar-refractivity contribution in [3.05, 3.63) is 94.8 Å². The third kappa shape index (κ3) is 7.01. The molecule has 4 nitrogen and oxygen atoms in total. The fourth-order valence-electron chi connectivity index (χ4n) is 5.95. The highest BCUT2D eigenvalue weighted by molar-refractivity contribution is 5.54. The van der Waals surface area contributed by atoms with Crippen LogP contribution in [0.1, 0.15) is 80.7 Å². The lowest BCUT2D eigenvalue weighted by Crippen LogP contribution is -2.51. The van der Waals surface area contributed by atoms with Crippen LogP contribution in [0.5, 0.6) is 5.75 Å². The monoisotopic (exact) mass is 531 g/mol. The summed E-state index contributed by atoms with van der Waals surface area (Å²) in [5.41, 5.74) is 4.65. The summed E-state index contributed by atoms with van der Waals surface area (Å²) < 4.78 is 33.6.